The third kappa shape index (κ3) is 3.59. The summed E-state index contributed by atoms with van der Waals surface area (Å²) < 4.78 is 39.3. The predicted molar refractivity (Wildman–Crippen MR) is 124 cm³/mol. The predicted octanol–water partition coefficient (Wildman–Crippen LogP) is 7.03. The summed E-state index contributed by atoms with van der Waals surface area (Å²) in [5.41, 5.74) is 1.84. The van der Waals surface area contributed by atoms with Gasteiger partial charge < -0.3 is 4.90 Å². The number of benzene rings is 2. The van der Waals surface area contributed by atoms with Crippen LogP contribution in [-0.2, 0) is 6.18 Å². The molecule has 4 atom stereocenters. The number of likely N-dealkylation sites (tertiary alicyclic amines) is 1. The van der Waals surface area contributed by atoms with Crippen LogP contribution in [0.1, 0.15) is 73.5 Å². The van der Waals surface area contributed by atoms with E-state index in [1.54, 1.807) is 12.1 Å². The molecule has 6 rings (SSSR count). The van der Waals surface area contributed by atoms with Crippen LogP contribution in [0.2, 0.25) is 0 Å². The van der Waals surface area contributed by atoms with Crippen molar-refractivity contribution < 1.29 is 13.2 Å². The van der Waals surface area contributed by atoms with Gasteiger partial charge in [-0.3, -0.25) is 4.99 Å². The molecule has 4 unspecified atom stereocenters. The van der Waals surface area contributed by atoms with E-state index in [4.69, 9.17) is 4.99 Å². The number of alkyl halides is 3. The Kier molecular flexibility index (Phi) is 5.08. The number of halogens is 3. The lowest BCUT2D eigenvalue weighted by molar-refractivity contribution is -0.137. The second kappa shape index (κ2) is 7.89. The molecule has 2 aromatic carbocycles. The van der Waals surface area contributed by atoms with Crippen molar-refractivity contribution in [2.24, 2.45) is 16.8 Å². The van der Waals surface area contributed by atoms with Gasteiger partial charge in [0.2, 0.25) is 0 Å². The van der Waals surface area contributed by atoms with Gasteiger partial charge in [-0.05, 0) is 79.5 Å². The van der Waals surface area contributed by atoms with Crippen molar-refractivity contribution in [3.05, 3.63) is 71.3 Å². The van der Waals surface area contributed by atoms with E-state index in [1.807, 2.05) is 0 Å². The maximum Gasteiger partial charge on any atom is 0.416 e. The number of piperidine rings is 1. The molecule has 33 heavy (non-hydrogen) atoms. The molecule has 3 fully saturated rings. The molecule has 0 amide bonds. The Morgan fingerprint density at radius 2 is 1.58 bits per heavy atom. The largest absolute Gasteiger partial charge is 0.416 e. The van der Waals surface area contributed by atoms with Crippen LogP contribution in [0.3, 0.4) is 0 Å². The molecular weight excluding hydrogens is 421 g/mol. The average molecular weight is 453 g/mol. The molecule has 0 radical (unpaired) electrons. The van der Waals surface area contributed by atoms with Crippen LogP contribution < -0.4 is 0 Å². The van der Waals surface area contributed by atoms with Crippen LogP contribution in [0.15, 0.2) is 59.6 Å². The highest BCUT2D eigenvalue weighted by atomic mass is 19.4. The highest BCUT2D eigenvalue weighted by Crippen LogP contribution is 2.63. The van der Waals surface area contributed by atoms with Crippen LogP contribution in [0.25, 0.3) is 0 Å². The molecule has 2 heterocycles. The SMILES string of the molecule is FC(F)(F)c1ccc(C2C3CCC(C3)C23CCC(N2CCC(c4ccccc4)CC2)=N3)cc1. The normalized spacial score (nSPS) is 32.0. The molecule has 2 nitrogen and oxygen atoms in total. The molecule has 1 spiro atoms. The molecule has 2 saturated carbocycles. The highest BCUT2D eigenvalue weighted by Gasteiger charge is 2.60. The van der Waals surface area contributed by atoms with Gasteiger partial charge in [0.1, 0.15) is 0 Å². The fraction of sp³-hybridized carbons (Fsp3) is 0.536. The van der Waals surface area contributed by atoms with Gasteiger partial charge in [-0.25, -0.2) is 0 Å². The molecular formula is C28H31F3N2. The van der Waals surface area contributed by atoms with E-state index in [-0.39, 0.29) is 11.5 Å². The summed E-state index contributed by atoms with van der Waals surface area (Å²) in [7, 11) is 0. The number of fused-ring (bicyclic) bond motifs is 3. The Morgan fingerprint density at radius 1 is 0.848 bits per heavy atom. The maximum absolute atomic E-state index is 13.1. The molecule has 2 aliphatic heterocycles. The summed E-state index contributed by atoms with van der Waals surface area (Å²) >= 11 is 0. The van der Waals surface area contributed by atoms with Crippen molar-refractivity contribution in [2.75, 3.05) is 13.1 Å². The summed E-state index contributed by atoms with van der Waals surface area (Å²) in [4.78, 5) is 7.98. The first-order valence-electron chi connectivity index (χ1n) is 12.5. The van der Waals surface area contributed by atoms with Gasteiger partial charge in [0.15, 0.2) is 0 Å². The Balaban J connectivity index is 1.23. The van der Waals surface area contributed by atoms with Crippen LogP contribution in [0.4, 0.5) is 13.2 Å². The second-order valence-electron chi connectivity index (χ2n) is 10.6. The van der Waals surface area contributed by atoms with Gasteiger partial charge in [-0.2, -0.15) is 13.2 Å². The van der Waals surface area contributed by atoms with Gasteiger partial charge in [-0.15, -0.1) is 0 Å². The molecule has 0 aromatic heterocycles. The molecule has 2 aliphatic carbocycles. The standard InChI is InChI=1S/C28H31F3N2/c29-28(30,31)23-9-6-21(7-10-23)26-22-8-11-24(18-22)27(26)15-12-25(32-27)33-16-13-20(14-17-33)19-4-2-1-3-5-19/h1-7,9-10,20,22,24,26H,8,11-18H2. The third-order valence-electron chi connectivity index (χ3n) is 9.00. The van der Waals surface area contributed by atoms with Crippen molar-refractivity contribution in [1.29, 1.82) is 0 Å². The average Bonchev–Trinajstić information content (AvgIpc) is 3.55. The lowest BCUT2D eigenvalue weighted by atomic mass is 9.69. The number of aliphatic imine (C=N–C) groups is 1. The summed E-state index contributed by atoms with van der Waals surface area (Å²) in [6, 6.07) is 16.8. The summed E-state index contributed by atoms with van der Waals surface area (Å²) in [5, 5.41) is 0. The van der Waals surface area contributed by atoms with Crippen LogP contribution in [-0.4, -0.2) is 29.4 Å². The van der Waals surface area contributed by atoms with E-state index in [1.165, 1.54) is 42.8 Å². The smallest absolute Gasteiger partial charge is 0.360 e. The van der Waals surface area contributed by atoms with Crippen LogP contribution >= 0.6 is 0 Å². The minimum absolute atomic E-state index is 0.103. The quantitative estimate of drug-likeness (QED) is 0.478. The minimum atomic E-state index is -4.28. The number of hydrogen-bond acceptors (Lipinski definition) is 2. The maximum atomic E-state index is 13.1. The van der Waals surface area contributed by atoms with Gasteiger partial charge in [0.25, 0.3) is 0 Å². The molecule has 1 saturated heterocycles. The summed E-state index contributed by atoms with van der Waals surface area (Å²) in [6.45, 7) is 2.10. The Morgan fingerprint density at radius 3 is 2.27 bits per heavy atom. The fourth-order valence-electron chi connectivity index (χ4n) is 7.49. The van der Waals surface area contributed by atoms with E-state index in [2.05, 4.69) is 35.2 Å². The van der Waals surface area contributed by atoms with Gasteiger partial charge >= 0.3 is 6.18 Å². The van der Waals surface area contributed by atoms with Crippen molar-refractivity contribution in [1.82, 2.24) is 4.90 Å². The number of hydrogen-bond donors (Lipinski definition) is 0. The van der Waals surface area contributed by atoms with Crippen molar-refractivity contribution in [3.8, 4) is 0 Å². The fourth-order valence-corrected chi connectivity index (χ4v) is 7.49. The van der Waals surface area contributed by atoms with Gasteiger partial charge in [0, 0.05) is 25.4 Å². The Bertz CT molecular complexity index is 1020. The van der Waals surface area contributed by atoms with Crippen molar-refractivity contribution in [3.63, 3.8) is 0 Å². The highest BCUT2D eigenvalue weighted by molar-refractivity contribution is 5.85. The summed E-state index contributed by atoms with van der Waals surface area (Å²) in [5.74, 6) is 3.28. The first kappa shape index (κ1) is 21.2. The van der Waals surface area contributed by atoms with Gasteiger partial charge in [0.05, 0.1) is 16.9 Å². The molecule has 4 aliphatic rings. The zero-order chi connectivity index (χ0) is 22.6. The van der Waals surface area contributed by atoms with E-state index < -0.39 is 11.7 Å². The summed E-state index contributed by atoms with van der Waals surface area (Å²) in [6.07, 6.45) is 3.67. The molecule has 0 N–H and O–H groups in total. The lowest BCUT2D eigenvalue weighted by Gasteiger charge is -2.39. The number of nitrogens with zero attached hydrogens (tertiary/aromatic N) is 2. The Labute approximate surface area is 193 Å². The third-order valence-corrected chi connectivity index (χ3v) is 9.00. The first-order valence-corrected chi connectivity index (χ1v) is 12.5. The molecule has 2 bridgehead atoms. The van der Waals surface area contributed by atoms with Crippen molar-refractivity contribution >= 4 is 5.84 Å². The van der Waals surface area contributed by atoms with E-state index >= 15 is 0 Å². The zero-order valence-corrected chi connectivity index (χ0v) is 18.9. The van der Waals surface area contributed by atoms with E-state index in [0.29, 0.717) is 17.8 Å². The van der Waals surface area contributed by atoms with Crippen LogP contribution in [0.5, 0.6) is 0 Å². The number of rotatable bonds is 2. The van der Waals surface area contributed by atoms with Crippen molar-refractivity contribution in [2.45, 2.75) is 68.5 Å². The van der Waals surface area contributed by atoms with E-state index in [0.717, 1.165) is 44.3 Å². The molecule has 2 aromatic rings. The molecule has 174 valence electrons. The van der Waals surface area contributed by atoms with Crippen LogP contribution in [0, 0.1) is 11.8 Å². The Hall–Kier alpha value is -2.30. The van der Waals surface area contributed by atoms with Gasteiger partial charge in [-0.1, -0.05) is 42.5 Å². The molecule has 5 heteroatoms. The second-order valence-corrected chi connectivity index (χ2v) is 10.6. The minimum Gasteiger partial charge on any atom is -0.360 e. The first-order chi connectivity index (χ1) is 15.9. The zero-order valence-electron chi connectivity index (χ0n) is 18.9. The monoisotopic (exact) mass is 452 g/mol. The number of amidine groups is 1. The van der Waals surface area contributed by atoms with E-state index in [9.17, 15) is 13.2 Å². The topological polar surface area (TPSA) is 15.6 Å². The lowest BCUT2D eigenvalue weighted by Crippen LogP contribution is -2.39.